The van der Waals surface area contributed by atoms with Crippen molar-refractivity contribution in [1.82, 2.24) is 4.90 Å². The first-order valence-electron chi connectivity index (χ1n) is 12.2. The second kappa shape index (κ2) is 12.4. The Balaban J connectivity index is 1.78. The minimum absolute atomic E-state index is 0.0146. The Hall–Kier alpha value is -2.73. The first-order valence-corrected chi connectivity index (χ1v) is 14.4. The molecule has 12 heteroatoms. The van der Waals surface area contributed by atoms with E-state index in [1.54, 1.807) is 17.0 Å². The fraction of sp³-hybridized carbons (Fsp3) is 0.357. The maximum Gasteiger partial charge on any atom is 0.417 e. The Morgan fingerprint density at radius 2 is 1.65 bits per heavy atom. The Kier molecular flexibility index (Phi) is 9.87. The molecule has 0 amide bonds. The van der Waals surface area contributed by atoms with Crippen LogP contribution in [0.5, 0.6) is 5.75 Å². The molecule has 0 saturated heterocycles. The van der Waals surface area contributed by atoms with E-state index in [9.17, 15) is 35.5 Å². The third-order valence-electron chi connectivity index (χ3n) is 6.02. The predicted molar refractivity (Wildman–Crippen MR) is 142 cm³/mol. The number of aliphatic hydroxyl groups is 1. The smallest absolute Gasteiger partial charge is 0.417 e. The molecule has 3 aromatic rings. The topological polar surface area (TPSA) is 66.8 Å². The van der Waals surface area contributed by atoms with Crippen molar-refractivity contribution in [2.75, 3.05) is 19.4 Å². The van der Waals surface area contributed by atoms with E-state index in [-0.39, 0.29) is 36.6 Å². The lowest BCUT2D eigenvalue weighted by molar-refractivity contribution is -0.137. The molecule has 0 aromatic heterocycles. The molecule has 0 atom stereocenters. The number of hydrogen-bond donors (Lipinski definition) is 1. The molecular formula is C28H29ClF5NO4S. The predicted octanol–water partition coefficient (Wildman–Crippen LogP) is 6.74. The third-order valence-corrected chi connectivity index (χ3v) is 7.59. The summed E-state index contributed by atoms with van der Waals surface area (Å²) < 4.78 is 98.4. The van der Waals surface area contributed by atoms with Crippen LogP contribution in [0.1, 0.15) is 42.5 Å². The molecule has 0 heterocycles. The number of nitrogens with zero attached hydrogens (tertiary/aromatic N) is 1. The summed E-state index contributed by atoms with van der Waals surface area (Å²) in [5.41, 5.74) is -2.11. The second-order valence-electron chi connectivity index (χ2n) is 9.92. The summed E-state index contributed by atoms with van der Waals surface area (Å²) in [6.07, 6.45) is -3.41. The zero-order valence-electron chi connectivity index (χ0n) is 22.0. The van der Waals surface area contributed by atoms with E-state index < -0.39 is 48.7 Å². The summed E-state index contributed by atoms with van der Waals surface area (Å²) in [6.45, 7) is 3.17. The van der Waals surface area contributed by atoms with Gasteiger partial charge in [0, 0.05) is 37.5 Å². The van der Waals surface area contributed by atoms with Crippen molar-refractivity contribution in [2.45, 2.75) is 50.0 Å². The average Bonchev–Trinajstić information content (AvgIpc) is 2.82. The van der Waals surface area contributed by atoms with Crippen molar-refractivity contribution in [3.05, 3.63) is 93.5 Å². The van der Waals surface area contributed by atoms with Gasteiger partial charge in [-0.1, -0.05) is 35.9 Å². The van der Waals surface area contributed by atoms with E-state index in [0.29, 0.717) is 18.5 Å². The molecule has 0 spiro atoms. The summed E-state index contributed by atoms with van der Waals surface area (Å²) in [5, 5.41) is 9.86. The highest BCUT2D eigenvalue weighted by atomic mass is 35.5. The van der Waals surface area contributed by atoms with Gasteiger partial charge in [-0.15, -0.1) is 0 Å². The molecule has 5 nitrogen and oxygen atoms in total. The molecule has 0 aliphatic carbocycles. The van der Waals surface area contributed by atoms with Gasteiger partial charge in [-0.05, 0) is 55.7 Å². The lowest BCUT2D eigenvalue weighted by Crippen LogP contribution is -2.26. The number of benzene rings is 3. The van der Waals surface area contributed by atoms with Gasteiger partial charge in [0.25, 0.3) is 0 Å². The first-order chi connectivity index (χ1) is 18.5. The van der Waals surface area contributed by atoms with Gasteiger partial charge in [-0.25, -0.2) is 17.2 Å². The standard InChI is InChI=1S/C28H29ClF5NO4S/c1-27(2,36)25-23(31)14-21(15-24(25)40(3,37)38)39-13-5-12-35(16-18-8-10-20(30)11-9-18)17-19-6-4-7-22(26(19)29)28(32,33)34/h4,6-11,14-15,36H,5,12-13,16-17H2,1-3H3. The molecule has 3 rings (SSSR count). The fourth-order valence-electron chi connectivity index (χ4n) is 4.23. The van der Waals surface area contributed by atoms with E-state index in [1.807, 2.05) is 0 Å². The highest BCUT2D eigenvalue weighted by Crippen LogP contribution is 2.37. The van der Waals surface area contributed by atoms with Crippen LogP contribution in [-0.2, 0) is 34.7 Å². The van der Waals surface area contributed by atoms with E-state index in [4.69, 9.17) is 16.3 Å². The zero-order chi connectivity index (χ0) is 29.9. The fourth-order valence-corrected chi connectivity index (χ4v) is 5.57. The highest BCUT2D eigenvalue weighted by Gasteiger charge is 2.34. The number of ether oxygens (including phenoxy) is 1. The van der Waals surface area contributed by atoms with Crippen LogP contribution in [0.15, 0.2) is 59.5 Å². The van der Waals surface area contributed by atoms with Crippen molar-refractivity contribution in [3.8, 4) is 5.75 Å². The Bertz CT molecular complexity index is 1440. The van der Waals surface area contributed by atoms with Gasteiger partial charge in [0.1, 0.15) is 17.4 Å². The summed E-state index contributed by atoms with van der Waals surface area (Å²) in [5.74, 6) is -1.43. The van der Waals surface area contributed by atoms with Crippen LogP contribution in [0.3, 0.4) is 0 Å². The summed E-state index contributed by atoms with van der Waals surface area (Å²) in [4.78, 5) is 1.41. The largest absolute Gasteiger partial charge is 0.493 e. The number of alkyl halides is 3. The lowest BCUT2D eigenvalue weighted by atomic mass is 9.97. The maximum absolute atomic E-state index is 14.8. The summed E-state index contributed by atoms with van der Waals surface area (Å²) in [6, 6.07) is 11.5. The van der Waals surface area contributed by atoms with E-state index in [0.717, 1.165) is 24.5 Å². The van der Waals surface area contributed by atoms with Crippen LogP contribution in [0.25, 0.3) is 0 Å². The van der Waals surface area contributed by atoms with Crippen molar-refractivity contribution in [3.63, 3.8) is 0 Å². The molecule has 40 heavy (non-hydrogen) atoms. The van der Waals surface area contributed by atoms with Crippen LogP contribution in [-0.4, -0.2) is 37.8 Å². The monoisotopic (exact) mass is 605 g/mol. The van der Waals surface area contributed by atoms with E-state index >= 15 is 0 Å². The van der Waals surface area contributed by atoms with E-state index in [2.05, 4.69) is 0 Å². The Morgan fingerprint density at radius 1 is 1.00 bits per heavy atom. The van der Waals surface area contributed by atoms with Crippen molar-refractivity contribution in [2.24, 2.45) is 0 Å². The van der Waals surface area contributed by atoms with Crippen molar-refractivity contribution < 1.29 is 40.2 Å². The number of sulfone groups is 1. The van der Waals surface area contributed by atoms with Crippen molar-refractivity contribution >= 4 is 21.4 Å². The Morgan fingerprint density at radius 3 is 2.23 bits per heavy atom. The van der Waals surface area contributed by atoms with E-state index in [1.165, 1.54) is 38.1 Å². The molecule has 0 aliphatic heterocycles. The zero-order valence-corrected chi connectivity index (χ0v) is 23.6. The summed E-state index contributed by atoms with van der Waals surface area (Å²) in [7, 11) is -3.90. The number of hydrogen-bond acceptors (Lipinski definition) is 5. The average molecular weight is 606 g/mol. The minimum Gasteiger partial charge on any atom is -0.493 e. The van der Waals surface area contributed by atoms with Gasteiger partial charge in [0.05, 0.1) is 27.7 Å². The molecule has 0 radical (unpaired) electrons. The summed E-state index contributed by atoms with van der Waals surface area (Å²) >= 11 is 6.09. The van der Waals surface area contributed by atoms with Crippen LogP contribution in [0.2, 0.25) is 5.02 Å². The lowest BCUT2D eigenvalue weighted by Gasteiger charge is -2.24. The number of halogens is 6. The van der Waals surface area contributed by atoms with Crippen LogP contribution in [0, 0.1) is 11.6 Å². The van der Waals surface area contributed by atoms with Crippen LogP contribution < -0.4 is 4.74 Å². The molecule has 0 fully saturated rings. The van der Waals surface area contributed by atoms with Gasteiger partial charge < -0.3 is 9.84 Å². The third kappa shape index (κ3) is 8.39. The molecule has 1 N–H and O–H groups in total. The molecule has 3 aromatic carbocycles. The molecule has 0 aliphatic rings. The maximum atomic E-state index is 14.8. The van der Waals surface area contributed by atoms with Gasteiger partial charge in [0.2, 0.25) is 0 Å². The molecule has 0 saturated carbocycles. The minimum atomic E-state index is -4.62. The first kappa shape index (κ1) is 31.8. The van der Waals surface area contributed by atoms with Crippen LogP contribution in [0.4, 0.5) is 22.0 Å². The molecule has 0 bridgehead atoms. The van der Waals surface area contributed by atoms with Crippen molar-refractivity contribution in [1.29, 1.82) is 0 Å². The van der Waals surface area contributed by atoms with Gasteiger partial charge in [-0.2, -0.15) is 13.2 Å². The number of rotatable bonds is 11. The van der Waals surface area contributed by atoms with Gasteiger partial charge >= 0.3 is 6.18 Å². The van der Waals surface area contributed by atoms with Gasteiger partial charge in [-0.3, -0.25) is 4.90 Å². The normalized spacial score (nSPS) is 12.7. The highest BCUT2D eigenvalue weighted by molar-refractivity contribution is 7.90. The molecule has 218 valence electrons. The molecular weight excluding hydrogens is 577 g/mol. The second-order valence-corrected chi connectivity index (χ2v) is 12.3. The SMILES string of the molecule is CC(C)(O)c1c(F)cc(OCCCN(Cc2ccc(F)cc2)Cc2cccc(C(F)(F)F)c2Cl)cc1S(C)(=O)=O. The molecule has 0 unspecified atom stereocenters. The van der Waals surface area contributed by atoms with Crippen LogP contribution >= 0.6 is 11.6 Å². The Labute approximate surface area is 235 Å². The quantitative estimate of drug-likeness (QED) is 0.194. The van der Waals surface area contributed by atoms with Gasteiger partial charge in [0.15, 0.2) is 9.84 Å².